The van der Waals surface area contributed by atoms with Crippen LogP contribution in [0.3, 0.4) is 0 Å². The van der Waals surface area contributed by atoms with Gasteiger partial charge in [-0.05, 0) is 97.7 Å². The van der Waals surface area contributed by atoms with Gasteiger partial charge in [-0.25, -0.2) is 18.4 Å². The molecule has 0 bridgehead atoms. The first-order valence-corrected chi connectivity index (χ1v) is 22.2. The van der Waals surface area contributed by atoms with Crippen molar-refractivity contribution in [2.45, 2.75) is 28.1 Å². The zero-order chi connectivity index (χ0) is 39.9. The number of fused-ring (bicyclic) bond motifs is 1. The SMILES string of the molecule is CN(C)CCC(CSc1cccs1)Nc1ccc(S(=O)(=O)Nc2ncnc3cc(N4CCN(Cc5ccccc5-c5ccc(Cl)cc5)CC4)ccc23)cc1[N+](=O)[O-]. The Morgan fingerprint density at radius 3 is 2.49 bits per heavy atom. The van der Waals surface area contributed by atoms with Crippen LogP contribution in [0.4, 0.5) is 22.9 Å². The highest BCUT2D eigenvalue weighted by Crippen LogP contribution is 2.33. The largest absolute Gasteiger partial charge is 0.376 e. The number of aromatic nitrogens is 2. The van der Waals surface area contributed by atoms with Gasteiger partial charge in [0.25, 0.3) is 15.7 Å². The predicted molar refractivity (Wildman–Crippen MR) is 233 cm³/mol. The third kappa shape index (κ3) is 10.2. The van der Waals surface area contributed by atoms with Crippen molar-refractivity contribution in [3.63, 3.8) is 0 Å². The average Bonchev–Trinajstić information content (AvgIpc) is 3.73. The fourth-order valence-electron chi connectivity index (χ4n) is 6.80. The van der Waals surface area contributed by atoms with Crippen LogP contribution in [0.1, 0.15) is 12.0 Å². The van der Waals surface area contributed by atoms with Crippen molar-refractivity contribution in [2.75, 3.05) is 67.5 Å². The van der Waals surface area contributed by atoms with Crippen LogP contribution in [0.25, 0.3) is 22.0 Å². The molecule has 296 valence electrons. The van der Waals surface area contributed by atoms with Gasteiger partial charge in [0.05, 0.1) is 19.5 Å². The first-order chi connectivity index (χ1) is 27.5. The number of nitro groups is 1. The summed E-state index contributed by atoms with van der Waals surface area (Å²) in [5, 5.41) is 18.8. The lowest BCUT2D eigenvalue weighted by Crippen LogP contribution is -2.46. The normalized spacial score (nSPS) is 14.2. The molecular formula is C41H43ClN8O4S3. The molecule has 2 aromatic heterocycles. The highest BCUT2D eigenvalue weighted by Gasteiger charge is 2.25. The molecular weight excluding hydrogens is 800 g/mol. The van der Waals surface area contributed by atoms with Gasteiger partial charge in [0, 0.05) is 66.7 Å². The quantitative estimate of drug-likeness (QED) is 0.0551. The second-order valence-corrected chi connectivity index (χ2v) is 18.5. The smallest absolute Gasteiger partial charge is 0.293 e. The number of thiophene rings is 1. The monoisotopic (exact) mass is 842 g/mol. The van der Waals surface area contributed by atoms with E-state index in [2.05, 4.69) is 71.1 Å². The molecule has 3 heterocycles. The fraction of sp³-hybridized carbons (Fsp3) is 0.268. The fourth-order valence-corrected chi connectivity index (χ4v) is 9.85. The Morgan fingerprint density at radius 1 is 0.965 bits per heavy atom. The molecule has 0 saturated carbocycles. The van der Waals surface area contributed by atoms with Gasteiger partial charge < -0.3 is 15.1 Å². The van der Waals surface area contributed by atoms with Crippen LogP contribution < -0.4 is 14.9 Å². The van der Waals surface area contributed by atoms with E-state index in [1.165, 1.54) is 29.6 Å². The number of sulfonamides is 1. The van der Waals surface area contributed by atoms with Crippen LogP contribution in [-0.4, -0.2) is 91.7 Å². The van der Waals surface area contributed by atoms with Gasteiger partial charge in [0.2, 0.25) is 0 Å². The van der Waals surface area contributed by atoms with E-state index in [0.717, 1.165) is 67.2 Å². The van der Waals surface area contributed by atoms with Crippen molar-refractivity contribution in [1.82, 2.24) is 19.8 Å². The van der Waals surface area contributed by atoms with Crippen molar-refractivity contribution in [3.8, 4) is 11.1 Å². The van der Waals surface area contributed by atoms with Crippen molar-refractivity contribution in [2.24, 2.45) is 0 Å². The van der Waals surface area contributed by atoms with Crippen LogP contribution in [0.2, 0.25) is 5.02 Å². The van der Waals surface area contributed by atoms with E-state index in [1.807, 2.05) is 61.9 Å². The first-order valence-electron chi connectivity index (χ1n) is 18.5. The highest BCUT2D eigenvalue weighted by molar-refractivity contribution is 8.01. The number of nitrogens with zero attached hydrogens (tertiary/aromatic N) is 6. The van der Waals surface area contributed by atoms with Crippen molar-refractivity contribution in [1.29, 1.82) is 0 Å². The number of benzene rings is 4. The lowest BCUT2D eigenvalue weighted by molar-refractivity contribution is -0.384. The molecule has 1 unspecified atom stereocenters. The Hall–Kier alpha value is -4.77. The molecule has 0 aliphatic carbocycles. The van der Waals surface area contributed by atoms with E-state index >= 15 is 0 Å². The molecule has 57 heavy (non-hydrogen) atoms. The van der Waals surface area contributed by atoms with E-state index in [-0.39, 0.29) is 28.1 Å². The molecule has 7 rings (SSSR count). The van der Waals surface area contributed by atoms with Crippen LogP contribution in [0.5, 0.6) is 0 Å². The second kappa shape index (κ2) is 18.2. The van der Waals surface area contributed by atoms with Gasteiger partial charge >= 0.3 is 0 Å². The molecule has 0 radical (unpaired) electrons. The molecule has 2 N–H and O–H groups in total. The van der Waals surface area contributed by atoms with Crippen LogP contribution in [0, 0.1) is 10.1 Å². The Morgan fingerprint density at radius 2 is 1.75 bits per heavy atom. The third-order valence-corrected chi connectivity index (χ3v) is 13.7. The zero-order valence-corrected chi connectivity index (χ0v) is 34.8. The molecule has 1 fully saturated rings. The molecule has 1 atom stereocenters. The van der Waals surface area contributed by atoms with Gasteiger partial charge in [-0.1, -0.05) is 54.1 Å². The topological polar surface area (TPSA) is 137 Å². The average molecular weight is 844 g/mol. The van der Waals surface area contributed by atoms with E-state index < -0.39 is 14.9 Å². The maximum absolute atomic E-state index is 13.7. The first kappa shape index (κ1) is 40.4. The van der Waals surface area contributed by atoms with Gasteiger partial charge in [-0.2, -0.15) is 0 Å². The summed E-state index contributed by atoms with van der Waals surface area (Å²) in [5.41, 5.74) is 5.10. The van der Waals surface area contributed by atoms with E-state index in [4.69, 9.17) is 11.6 Å². The Kier molecular flexibility index (Phi) is 12.9. The van der Waals surface area contributed by atoms with E-state index in [0.29, 0.717) is 21.7 Å². The number of nitro benzene ring substituents is 1. The van der Waals surface area contributed by atoms with Gasteiger partial charge in [0.1, 0.15) is 12.0 Å². The molecule has 1 saturated heterocycles. The number of hydrogen-bond acceptors (Lipinski definition) is 12. The maximum atomic E-state index is 13.7. The summed E-state index contributed by atoms with van der Waals surface area (Å²) in [4.78, 5) is 27.0. The summed E-state index contributed by atoms with van der Waals surface area (Å²) < 4.78 is 31.2. The zero-order valence-electron chi connectivity index (χ0n) is 31.5. The number of hydrogen-bond donors (Lipinski definition) is 2. The Balaban J connectivity index is 1.02. The molecule has 4 aromatic carbocycles. The number of rotatable bonds is 16. The van der Waals surface area contributed by atoms with E-state index in [1.54, 1.807) is 23.1 Å². The highest BCUT2D eigenvalue weighted by atomic mass is 35.5. The summed E-state index contributed by atoms with van der Waals surface area (Å²) in [6.45, 7) is 4.97. The number of thioether (sulfide) groups is 1. The summed E-state index contributed by atoms with van der Waals surface area (Å²) in [6.07, 6.45) is 2.06. The van der Waals surface area contributed by atoms with Crippen LogP contribution in [-0.2, 0) is 16.6 Å². The third-order valence-electron chi connectivity index (χ3n) is 9.84. The summed E-state index contributed by atoms with van der Waals surface area (Å²) in [5.74, 6) is 0.780. The van der Waals surface area contributed by atoms with E-state index in [9.17, 15) is 18.5 Å². The molecule has 0 amide bonds. The summed E-state index contributed by atoms with van der Waals surface area (Å²) in [6, 6.07) is 30.0. The molecule has 6 aromatic rings. The van der Waals surface area contributed by atoms with Crippen LogP contribution in [0.15, 0.2) is 118 Å². The molecule has 0 spiro atoms. The molecule has 1 aliphatic heterocycles. The number of anilines is 3. The molecule has 1 aliphatic rings. The number of nitrogens with one attached hydrogen (secondary N) is 2. The Labute approximate surface area is 346 Å². The number of halogens is 1. The van der Waals surface area contributed by atoms with Gasteiger partial charge in [-0.3, -0.25) is 19.7 Å². The van der Waals surface area contributed by atoms with Crippen molar-refractivity contribution in [3.05, 3.63) is 129 Å². The number of piperazine rings is 1. The molecule has 12 nitrogen and oxygen atoms in total. The maximum Gasteiger partial charge on any atom is 0.293 e. The summed E-state index contributed by atoms with van der Waals surface area (Å²) in [7, 11) is -0.299. The summed E-state index contributed by atoms with van der Waals surface area (Å²) >= 11 is 9.46. The van der Waals surface area contributed by atoms with Crippen LogP contribution >= 0.6 is 34.7 Å². The predicted octanol–water partition coefficient (Wildman–Crippen LogP) is 8.57. The van der Waals surface area contributed by atoms with Gasteiger partial charge in [0.15, 0.2) is 5.82 Å². The lowest BCUT2D eigenvalue weighted by atomic mass is 9.99. The standard InChI is InChI=1S/C41H43ClN8O4S3/c1-47(2)18-17-32(27-56-40-8-5-23-55-40)45-37-16-14-34(25-39(37)50(51)52)57(53,54)46-41-36-15-13-33(24-38(36)43-28-44-41)49-21-19-48(20-22-49)26-30-6-3-4-7-35(30)29-9-11-31(42)12-10-29/h3-16,23-25,28,32,45H,17-22,26-27H2,1-2H3,(H,43,44,46). The van der Waals surface area contributed by atoms with Gasteiger partial charge in [-0.15, -0.1) is 23.1 Å². The van der Waals surface area contributed by atoms with Crippen molar-refractivity contribution < 1.29 is 13.3 Å². The molecule has 16 heteroatoms. The minimum absolute atomic E-state index is 0.0925. The minimum atomic E-state index is -4.26. The Bertz CT molecular complexity index is 2430. The second-order valence-electron chi connectivity index (χ2n) is 14.1. The minimum Gasteiger partial charge on any atom is -0.376 e. The lowest BCUT2D eigenvalue weighted by Gasteiger charge is -2.36. The van der Waals surface area contributed by atoms with Crippen molar-refractivity contribution >= 4 is 78.5 Å².